The summed E-state index contributed by atoms with van der Waals surface area (Å²) in [6, 6.07) is -1.03. The van der Waals surface area contributed by atoms with Gasteiger partial charge in [0.1, 0.15) is 29.5 Å². The van der Waals surface area contributed by atoms with Crippen molar-refractivity contribution < 1.29 is 43.2 Å². The molecule has 2 fully saturated rings. The molecule has 1 aliphatic heterocycles. The van der Waals surface area contributed by atoms with E-state index >= 15 is 0 Å². The van der Waals surface area contributed by atoms with Gasteiger partial charge in [-0.05, 0) is 34.6 Å². The number of fused-ring (bicyclic) bond motifs is 2. The molecule has 4 rings (SSSR count). The van der Waals surface area contributed by atoms with E-state index in [0.717, 1.165) is 11.8 Å². The lowest BCUT2D eigenvalue weighted by atomic mass is 9.97. The number of hydrogen-bond acceptors (Lipinski definition) is 14. The molecule has 1 aliphatic carbocycles. The summed E-state index contributed by atoms with van der Waals surface area (Å²) in [4.78, 5) is 24.7. The Morgan fingerprint density at radius 1 is 1.38 bits per heavy atom. The van der Waals surface area contributed by atoms with Crippen molar-refractivity contribution in [3.63, 3.8) is 0 Å². The summed E-state index contributed by atoms with van der Waals surface area (Å²) < 4.78 is 37.4. The molecule has 0 amide bonds. The van der Waals surface area contributed by atoms with E-state index in [9.17, 15) is 24.7 Å². The Morgan fingerprint density at radius 3 is 2.65 bits per heavy atom. The lowest BCUT2D eigenvalue weighted by Crippen LogP contribution is -2.40. The summed E-state index contributed by atoms with van der Waals surface area (Å²) in [7, 11) is -2.46. The summed E-state index contributed by atoms with van der Waals surface area (Å²) in [6.07, 6.45) is -1.00. The number of anilines is 1. The molecule has 6 atom stereocenters. The van der Waals surface area contributed by atoms with Gasteiger partial charge in [-0.25, -0.2) is 14.6 Å². The van der Waals surface area contributed by atoms with Gasteiger partial charge in [-0.1, -0.05) is 11.8 Å². The van der Waals surface area contributed by atoms with Crippen LogP contribution < -0.4 is 15.6 Å². The molecule has 0 bridgehead atoms. The number of aliphatic hydroxyl groups excluding tert-OH is 2. The first-order chi connectivity index (χ1) is 18.6. The van der Waals surface area contributed by atoms with Crippen LogP contribution in [0.3, 0.4) is 0 Å². The number of nitrogens with one attached hydrogen (secondary N) is 1. The van der Waals surface area contributed by atoms with Crippen molar-refractivity contribution in [1.29, 1.82) is 0 Å². The van der Waals surface area contributed by atoms with Crippen LogP contribution in [0.2, 0.25) is 0 Å². The zero-order chi connectivity index (χ0) is 29.7. The first kappa shape index (κ1) is 31.1. The smallest absolute Gasteiger partial charge is 0.405 e. The lowest BCUT2D eigenvalue weighted by molar-refractivity contribution is -0.119. The Labute approximate surface area is 235 Å². The van der Waals surface area contributed by atoms with E-state index < -0.39 is 42.6 Å². The number of rotatable bonds is 13. The van der Waals surface area contributed by atoms with Crippen LogP contribution in [0.1, 0.15) is 40.7 Å². The van der Waals surface area contributed by atoms with E-state index in [1.54, 1.807) is 39.2 Å². The Balaban J connectivity index is 1.41. The van der Waals surface area contributed by atoms with Crippen molar-refractivity contribution >= 4 is 41.7 Å². The standard InChI is InChI=1S/C23H37N6O9PS/c1-12(2)28-39(34,36-7-8-40-19(32)21(3,4)10-30)37-9-13-15(31)23(33)18(22(23,5)38-13)29-11-25-14-16(29)26-20(24)27-17(14)35-6/h11-13,15,18,30-31,33H,7-10H2,1-6H3,(H,28,34)(H2,24,26,27). The van der Waals surface area contributed by atoms with Crippen molar-refractivity contribution in [2.24, 2.45) is 5.41 Å². The average Bonchev–Trinajstić information content (AvgIpc) is 3.10. The summed E-state index contributed by atoms with van der Waals surface area (Å²) >= 11 is 0.961. The van der Waals surface area contributed by atoms with E-state index in [0.29, 0.717) is 11.2 Å². The zero-order valence-corrected chi connectivity index (χ0v) is 24.9. The van der Waals surface area contributed by atoms with E-state index in [1.807, 2.05) is 0 Å². The minimum absolute atomic E-state index is 0.0462. The maximum atomic E-state index is 13.4. The average molecular weight is 605 g/mol. The van der Waals surface area contributed by atoms with Gasteiger partial charge in [0.15, 0.2) is 16.3 Å². The number of imidazole rings is 1. The molecule has 15 nitrogen and oxygen atoms in total. The number of carbonyl (C=O) groups is 1. The second-order valence-electron chi connectivity index (χ2n) is 10.9. The fraction of sp³-hybridized carbons (Fsp3) is 0.739. The van der Waals surface area contributed by atoms with Gasteiger partial charge in [-0.2, -0.15) is 9.97 Å². The molecule has 0 aromatic carbocycles. The number of methoxy groups -OCH3 is 1. The van der Waals surface area contributed by atoms with E-state index in [1.165, 1.54) is 13.4 Å². The first-order valence-corrected chi connectivity index (χ1v) is 15.2. The third kappa shape index (κ3) is 5.37. The SMILES string of the molecule is COc1nc(N)nc2c1ncn2C1C2(C)OC(COP(=O)(NC(C)C)OCCSC(=O)C(C)(C)CO)C(O)C12O. The summed E-state index contributed by atoms with van der Waals surface area (Å²) in [6.45, 7) is 7.69. The van der Waals surface area contributed by atoms with Gasteiger partial charge in [0.05, 0.1) is 38.7 Å². The molecule has 1 saturated carbocycles. The largest absolute Gasteiger partial charge is 0.479 e. The zero-order valence-electron chi connectivity index (χ0n) is 23.2. The van der Waals surface area contributed by atoms with Crippen LogP contribution in [0.5, 0.6) is 5.88 Å². The Kier molecular flexibility index (Phi) is 8.60. The van der Waals surface area contributed by atoms with Gasteiger partial charge in [0, 0.05) is 11.8 Å². The molecule has 17 heteroatoms. The second kappa shape index (κ2) is 11.1. The maximum Gasteiger partial charge on any atom is 0.405 e. The third-order valence-electron chi connectivity index (χ3n) is 7.08. The molecule has 0 radical (unpaired) electrons. The normalized spacial score (nSPS) is 29.5. The molecule has 224 valence electrons. The number of nitrogens with two attached hydrogens (primary N) is 1. The molecule has 2 aromatic rings. The van der Waals surface area contributed by atoms with Crippen LogP contribution in [0, 0.1) is 5.41 Å². The Morgan fingerprint density at radius 2 is 2.08 bits per heavy atom. The van der Waals surface area contributed by atoms with Crippen LogP contribution in [-0.4, -0.2) is 102 Å². The summed E-state index contributed by atoms with van der Waals surface area (Å²) in [5.41, 5.74) is 2.57. The van der Waals surface area contributed by atoms with Gasteiger partial charge in [0.2, 0.25) is 11.8 Å². The van der Waals surface area contributed by atoms with Gasteiger partial charge in [-0.3, -0.25) is 13.8 Å². The summed E-state index contributed by atoms with van der Waals surface area (Å²) in [5, 5.41) is 34.5. The van der Waals surface area contributed by atoms with Crippen LogP contribution in [0.4, 0.5) is 5.95 Å². The van der Waals surface area contributed by atoms with E-state index in [4.69, 9.17) is 24.3 Å². The highest BCUT2D eigenvalue weighted by Gasteiger charge is 2.85. The molecule has 2 aromatic heterocycles. The predicted octanol–water partition coefficient (Wildman–Crippen LogP) is 0.639. The first-order valence-electron chi connectivity index (χ1n) is 12.7. The Hall–Kier alpha value is -1.88. The quantitative estimate of drug-likeness (QED) is 0.157. The van der Waals surface area contributed by atoms with Crippen molar-refractivity contribution in [2.75, 3.05) is 38.4 Å². The number of thioether (sulfide) groups is 1. The fourth-order valence-corrected chi connectivity index (χ4v) is 7.31. The highest BCUT2D eigenvalue weighted by atomic mass is 32.2. The molecular weight excluding hydrogens is 567 g/mol. The van der Waals surface area contributed by atoms with Crippen LogP contribution >= 0.6 is 19.5 Å². The molecule has 40 heavy (non-hydrogen) atoms. The topological polar surface area (TPSA) is 213 Å². The highest BCUT2D eigenvalue weighted by Crippen LogP contribution is 2.68. The molecule has 6 unspecified atom stereocenters. The monoisotopic (exact) mass is 604 g/mol. The second-order valence-corrected chi connectivity index (χ2v) is 13.8. The Bertz CT molecular complexity index is 1310. The number of ether oxygens (including phenoxy) is 2. The lowest BCUT2D eigenvalue weighted by Gasteiger charge is -2.27. The van der Waals surface area contributed by atoms with Crippen LogP contribution in [0.25, 0.3) is 11.2 Å². The predicted molar refractivity (Wildman–Crippen MR) is 146 cm³/mol. The number of aromatic nitrogens is 4. The van der Waals surface area contributed by atoms with Crippen molar-refractivity contribution in [1.82, 2.24) is 24.6 Å². The third-order valence-corrected chi connectivity index (χ3v) is 10.1. The molecule has 2 aliphatic rings. The number of aliphatic hydroxyl groups is 3. The number of hydrogen-bond donors (Lipinski definition) is 5. The highest BCUT2D eigenvalue weighted by molar-refractivity contribution is 8.13. The number of carbonyl (C=O) groups excluding carboxylic acids is 1. The molecule has 0 spiro atoms. The van der Waals surface area contributed by atoms with Gasteiger partial charge in [0.25, 0.3) is 0 Å². The molecule has 1 saturated heterocycles. The van der Waals surface area contributed by atoms with Crippen molar-refractivity contribution in [3.8, 4) is 5.88 Å². The molecular formula is C23H37N6O9PS. The summed E-state index contributed by atoms with van der Waals surface area (Å²) in [5.74, 6) is 0.315. The van der Waals surface area contributed by atoms with Gasteiger partial charge in [-0.15, -0.1) is 0 Å². The van der Waals surface area contributed by atoms with E-state index in [2.05, 4.69) is 20.0 Å². The van der Waals surface area contributed by atoms with Crippen molar-refractivity contribution in [3.05, 3.63) is 6.33 Å². The maximum absolute atomic E-state index is 13.4. The number of nitrogens with zero attached hydrogens (tertiary/aromatic N) is 4. The van der Waals surface area contributed by atoms with Crippen LogP contribution in [0.15, 0.2) is 6.33 Å². The van der Waals surface area contributed by atoms with Gasteiger partial charge >= 0.3 is 7.75 Å². The minimum Gasteiger partial charge on any atom is -0.479 e. The molecule has 6 N–H and O–H groups in total. The van der Waals surface area contributed by atoms with Crippen molar-refractivity contribution in [2.45, 2.75) is 70.1 Å². The van der Waals surface area contributed by atoms with Crippen LogP contribution in [-0.2, 0) is 23.1 Å². The minimum atomic E-state index is -3.88. The number of nitrogen functional groups attached to an aromatic ring is 1. The fourth-order valence-electron chi connectivity index (χ4n) is 4.85. The van der Waals surface area contributed by atoms with Gasteiger partial charge < -0.3 is 35.1 Å². The van der Waals surface area contributed by atoms with E-state index in [-0.39, 0.29) is 48.6 Å². The molecule has 3 heterocycles.